The van der Waals surface area contributed by atoms with Crippen LogP contribution in [0, 0.1) is 5.92 Å². The van der Waals surface area contributed by atoms with Gasteiger partial charge in [-0.1, -0.05) is 37.3 Å². The Morgan fingerprint density at radius 2 is 1.92 bits per heavy atom. The molecule has 0 aliphatic heterocycles. The van der Waals surface area contributed by atoms with Gasteiger partial charge in [0.25, 0.3) is 0 Å². The molecule has 0 unspecified atom stereocenters. The number of hydrazine groups is 1. The number of esters is 1. The fourth-order valence-corrected chi connectivity index (χ4v) is 2.11. The summed E-state index contributed by atoms with van der Waals surface area (Å²) in [6.07, 6.45) is 1.82. The lowest BCUT2D eigenvalue weighted by molar-refractivity contribution is -0.144. The summed E-state index contributed by atoms with van der Waals surface area (Å²) in [5.41, 5.74) is 8.44. The Hall–Kier alpha value is -2.73. The van der Waals surface area contributed by atoms with E-state index in [4.69, 9.17) is 0 Å². The van der Waals surface area contributed by atoms with E-state index in [-0.39, 0.29) is 12.3 Å². The molecule has 1 amide bonds. The van der Waals surface area contributed by atoms with Crippen LogP contribution in [0.5, 0.6) is 0 Å². The van der Waals surface area contributed by atoms with Crippen LogP contribution in [0.15, 0.2) is 48.7 Å². The van der Waals surface area contributed by atoms with Gasteiger partial charge in [-0.15, -0.1) is 0 Å². The van der Waals surface area contributed by atoms with E-state index in [0.29, 0.717) is 6.54 Å². The highest BCUT2D eigenvalue weighted by molar-refractivity contribution is 5.82. The number of benzene rings is 1. The molecule has 1 aromatic heterocycles. The number of rotatable bonds is 7. The van der Waals surface area contributed by atoms with E-state index in [2.05, 4.69) is 20.6 Å². The van der Waals surface area contributed by atoms with Gasteiger partial charge in [-0.05, 0) is 17.7 Å². The molecule has 0 bridgehead atoms. The van der Waals surface area contributed by atoms with Crippen LogP contribution in [0.1, 0.15) is 18.9 Å². The van der Waals surface area contributed by atoms with E-state index in [0.717, 1.165) is 16.8 Å². The molecular formula is C18H21N3O3. The molecule has 0 aliphatic rings. The number of amides is 1. The van der Waals surface area contributed by atoms with Crippen LogP contribution < -0.4 is 10.9 Å². The molecule has 1 atom stereocenters. The summed E-state index contributed by atoms with van der Waals surface area (Å²) < 4.78 is 4.55. The van der Waals surface area contributed by atoms with Crippen LogP contribution in [0.4, 0.5) is 0 Å². The molecule has 0 spiro atoms. The topological polar surface area (TPSA) is 80.3 Å². The van der Waals surface area contributed by atoms with E-state index in [1.807, 2.05) is 42.5 Å². The minimum absolute atomic E-state index is 0.0583. The van der Waals surface area contributed by atoms with Crippen molar-refractivity contribution in [2.24, 2.45) is 5.92 Å². The zero-order valence-corrected chi connectivity index (χ0v) is 13.8. The third kappa shape index (κ3) is 5.17. The standard InChI is InChI=1S/C18H21N3O3/c1-13(11-17(22)24-2)18(23)21-20-12-14-6-8-15(9-7-14)16-5-3-4-10-19-16/h3-10,13,20H,11-12H2,1-2H3,(H,21,23)/t13-/m1/s1. The number of aromatic nitrogens is 1. The van der Waals surface area contributed by atoms with Crippen molar-refractivity contribution in [3.63, 3.8) is 0 Å². The fraction of sp³-hybridized carbons (Fsp3) is 0.278. The first-order valence-corrected chi connectivity index (χ1v) is 7.70. The lowest BCUT2D eigenvalue weighted by Crippen LogP contribution is -2.40. The highest BCUT2D eigenvalue weighted by Crippen LogP contribution is 2.16. The van der Waals surface area contributed by atoms with Crippen LogP contribution in [-0.2, 0) is 20.9 Å². The molecule has 1 aromatic carbocycles. The van der Waals surface area contributed by atoms with Crippen molar-refractivity contribution in [1.29, 1.82) is 0 Å². The van der Waals surface area contributed by atoms with Crippen molar-refractivity contribution in [2.45, 2.75) is 19.9 Å². The van der Waals surface area contributed by atoms with Gasteiger partial charge in [0.05, 0.1) is 19.2 Å². The third-order valence-electron chi connectivity index (χ3n) is 3.57. The Bertz CT molecular complexity index is 672. The van der Waals surface area contributed by atoms with Crippen LogP contribution in [0.3, 0.4) is 0 Å². The smallest absolute Gasteiger partial charge is 0.306 e. The van der Waals surface area contributed by atoms with E-state index >= 15 is 0 Å². The largest absolute Gasteiger partial charge is 0.469 e. The second-order valence-electron chi connectivity index (χ2n) is 5.44. The zero-order chi connectivity index (χ0) is 17.4. The number of ether oxygens (including phenoxy) is 1. The second kappa shape index (κ2) is 8.79. The number of carbonyl (C=O) groups excluding carboxylic acids is 2. The number of hydrogen-bond donors (Lipinski definition) is 2. The Balaban J connectivity index is 1.80. The van der Waals surface area contributed by atoms with Gasteiger partial charge < -0.3 is 4.74 Å². The van der Waals surface area contributed by atoms with Crippen LogP contribution in [0.2, 0.25) is 0 Å². The van der Waals surface area contributed by atoms with E-state index in [9.17, 15) is 9.59 Å². The number of hydrogen-bond acceptors (Lipinski definition) is 5. The fourth-order valence-electron chi connectivity index (χ4n) is 2.11. The predicted octanol–water partition coefficient (Wildman–Crippen LogP) is 2.07. The Morgan fingerprint density at radius 1 is 1.17 bits per heavy atom. The maximum absolute atomic E-state index is 11.8. The lowest BCUT2D eigenvalue weighted by Gasteiger charge is -2.12. The number of nitrogens with zero attached hydrogens (tertiary/aromatic N) is 1. The van der Waals surface area contributed by atoms with E-state index in [1.165, 1.54) is 7.11 Å². The highest BCUT2D eigenvalue weighted by Gasteiger charge is 2.16. The summed E-state index contributed by atoms with van der Waals surface area (Å²) in [7, 11) is 1.31. The quantitative estimate of drug-likeness (QED) is 0.601. The molecule has 0 radical (unpaired) electrons. The maximum atomic E-state index is 11.8. The molecule has 6 nitrogen and oxygen atoms in total. The van der Waals surface area contributed by atoms with Crippen LogP contribution in [-0.4, -0.2) is 24.0 Å². The average Bonchev–Trinajstić information content (AvgIpc) is 2.62. The summed E-state index contributed by atoms with van der Waals surface area (Å²) in [5.74, 6) is -1.09. The first kappa shape index (κ1) is 17.6. The maximum Gasteiger partial charge on any atom is 0.306 e. The monoisotopic (exact) mass is 327 g/mol. The minimum Gasteiger partial charge on any atom is -0.469 e. The molecule has 1 heterocycles. The molecule has 0 saturated carbocycles. The van der Waals surface area contributed by atoms with Crippen LogP contribution in [0.25, 0.3) is 11.3 Å². The van der Waals surface area contributed by atoms with Gasteiger partial charge in [-0.2, -0.15) is 0 Å². The van der Waals surface area contributed by atoms with Crippen molar-refractivity contribution < 1.29 is 14.3 Å². The average molecular weight is 327 g/mol. The molecule has 0 saturated heterocycles. The summed E-state index contributed by atoms with van der Waals surface area (Å²) in [4.78, 5) is 27.3. The van der Waals surface area contributed by atoms with Gasteiger partial charge in [0, 0.05) is 24.2 Å². The second-order valence-corrected chi connectivity index (χ2v) is 5.44. The molecule has 2 rings (SSSR count). The number of nitrogens with one attached hydrogen (secondary N) is 2. The first-order chi connectivity index (χ1) is 11.6. The molecule has 2 aromatic rings. The molecule has 0 fully saturated rings. The summed E-state index contributed by atoms with van der Waals surface area (Å²) in [6, 6.07) is 13.7. The zero-order valence-electron chi connectivity index (χ0n) is 13.8. The van der Waals surface area contributed by atoms with Gasteiger partial charge in [0.15, 0.2) is 0 Å². The van der Waals surface area contributed by atoms with Gasteiger partial charge in [0.2, 0.25) is 5.91 Å². The van der Waals surface area contributed by atoms with Crippen molar-refractivity contribution in [3.8, 4) is 11.3 Å². The Labute approximate surface area is 141 Å². The number of methoxy groups -OCH3 is 1. The van der Waals surface area contributed by atoms with E-state index in [1.54, 1.807) is 13.1 Å². The highest BCUT2D eigenvalue weighted by atomic mass is 16.5. The Kier molecular flexibility index (Phi) is 6.45. The minimum atomic E-state index is -0.448. The molecule has 126 valence electrons. The Morgan fingerprint density at radius 3 is 2.54 bits per heavy atom. The summed E-state index contributed by atoms with van der Waals surface area (Å²) >= 11 is 0. The molecule has 24 heavy (non-hydrogen) atoms. The normalized spacial score (nSPS) is 11.6. The van der Waals surface area contributed by atoms with Crippen molar-refractivity contribution in [1.82, 2.24) is 15.8 Å². The number of carbonyl (C=O) groups is 2. The van der Waals surface area contributed by atoms with Gasteiger partial charge in [-0.25, -0.2) is 5.43 Å². The predicted molar refractivity (Wildman–Crippen MR) is 90.5 cm³/mol. The first-order valence-electron chi connectivity index (χ1n) is 7.70. The summed E-state index contributed by atoms with van der Waals surface area (Å²) in [6.45, 7) is 2.16. The lowest BCUT2D eigenvalue weighted by atomic mass is 10.1. The van der Waals surface area contributed by atoms with Gasteiger partial charge >= 0.3 is 5.97 Å². The van der Waals surface area contributed by atoms with E-state index < -0.39 is 11.9 Å². The summed E-state index contributed by atoms with van der Waals surface area (Å²) in [5, 5.41) is 0. The van der Waals surface area contributed by atoms with Crippen molar-refractivity contribution >= 4 is 11.9 Å². The molecule has 2 N–H and O–H groups in total. The van der Waals surface area contributed by atoms with Gasteiger partial charge in [0.1, 0.15) is 0 Å². The molecular weight excluding hydrogens is 306 g/mol. The van der Waals surface area contributed by atoms with Crippen molar-refractivity contribution in [2.75, 3.05) is 7.11 Å². The third-order valence-corrected chi connectivity index (χ3v) is 3.57. The van der Waals surface area contributed by atoms with Gasteiger partial charge in [-0.3, -0.25) is 20.0 Å². The molecule has 6 heteroatoms. The number of pyridine rings is 1. The van der Waals surface area contributed by atoms with Crippen molar-refractivity contribution in [3.05, 3.63) is 54.2 Å². The molecule has 0 aliphatic carbocycles. The SMILES string of the molecule is COC(=O)C[C@@H](C)C(=O)NNCc1ccc(-c2ccccn2)cc1. The van der Waals surface area contributed by atoms with Crippen LogP contribution >= 0.6 is 0 Å².